The highest BCUT2D eigenvalue weighted by Gasteiger charge is 2.24. The summed E-state index contributed by atoms with van der Waals surface area (Å²) in [5.74, 6) is -3.50. The molecule has 3 N–H and O–H groups in total. The van der Waals surface area contributed by atoms with E-state index < -0.39 is 28.6 Å². The van der Waals surface area contributed by atoms with Crippen LogP contribution in [0.4, 0.5) is 8.78 Å². The average Bonchev–Trinajstić information content (AvgIpc) is 3.23. The zero-order valence-electron chi connectivity index (χ0n) is 16.5. The van der Waals surface area contributed by atoms with E-state index in [1.165, 1.54) is 28.8 Å². The Hall–Kier alpha value is -4.04. The van der Waals surface area contributed by atoms with Gasteiger partial charge in [0.05, 0.1) is 16.5 Å². The van der Waals surface area contributed by atoms with E-state index in [1.54, 1.807) is 18.2 Å². The van der Waals surface area contributed by atoms with Gasteiger partial charge < -0.3 is 20.1 Å². The number of rotatable bonds is 3. The molecule has 2 heterocycles. The van der Waals surface area contributed by atoms with Gasteiger partial charge in [-0.1, -0.05) is 12.1 Å². The van der Waals surface area contributed by atoms with Crippen molar-refractivity contribution in [3.05, 3.63) is 93.3 Å². The fourth-order valence-corrected chi connectivity index (χ4v) is 4.10. The molecule has 0 amide bonds. The second-order valence-corrected chi connectivity index (χ2v) is 7.59. The van der Waals surface area contributed by atoms with Gasteiger partial charge in [0.15, 0.2) is 5.82 Å². The van der Waals surface area contributed by atoms with Crippen LogP contribution in [0.2, 0.25) is 0 Å². The van der Waals surface area contributed by atoms with Gasteiger partial charge in [0.25, 0.3) is 0 Å². The summed E-state index contributed by atoms with van der Waals surface area (Å²) in [6.45, 7) is 1.26. The highest BCUT2D eigenvalue weighted by Crippen LogP contribution is 2.34. The number of hydrogen-bond acceptors (Lipinski definition) is 4. The SMILES string of the molecule is O=C(O)c1cn(-c2ccc(O)cc2)c2c(F)c(-c3ccc4c(c3)CNC4)c(F)cc2c1=O. The molecule has 5 rings (SSSR count). The number of fused-ring (bicyclic) bond motifs is 2. The van der Waals surface area contributed by atoms with Gasteiger partial charge in [-0.05, 0) is 53.1 Å². The largest absolute Gasteiger partial charge is 0.508 e. The van der Waals surface area contributed by atoms with Gasteiger partial charge in [0, 0.05) is 25.0 Å². The van der Waals surface area contributed by atoms with E-state index in [2.05, 4.69) is 5.32 Å². The first-order valence-electron chi connectivity index (χ1n) is 9.78. The normalized spacial score (nSPS) is 12.8. The second kappa shape index (κ2) is 7.28. The van der Waals surface area contributed by atoms with Crippen molar-refractivity contribution < 1.29 is 23.8 Å². The van der Waals surface area contributed by atoms with E-state index in [0.29, 0.717) is 24.3 Å². The Labute approximate surface area is 180 Å². The van der Waals surface area contributed by atoms with E-state index in [0.717, 1.165) is 23.4 Å². The molecule has 0 fully saturated rings. The van der Waals surface area contributed by atoms with Crippen LogP contribution in [0.5, 0.6) is 5.75 Å². The van der Waals surface area contributed by atoms with Crippen LogP contribution in [0.1, 0.15) is 21.5 Å². The number of aromatic nitrogens is 1. The molecule has 160 valence electrons. The van der Waals surface area contributed by atoms with E-state index in [-0.39, 0.29) is 22.2 Å². The zero-order valence-corrected chi connectivity index (χ0v) is 16.5. The number of phenols is 1. The standard InChI is InChI=1S/C24H16F2N2O4/c25-19-8-17-22(21(26)20(19)12-1-2-13-9-27-10-14(13)7-12)28(11-18(23(17)30)24(31)32)15-3-5-16(29)6-4-15/h1-8,11,27,29H,9-10H2,(H,31,32). The second-order valence-electron chi connectivity index (χ2n) is 7.59. The van der Waals surface area contributed by atoms with Crippen LogP contribution in [0.3, 0.4) is 0 Å². The molecular weight excluding hydrogens is 418 g/mol. The molecule has 1 aliphatic rings. The smallest absolute Gasteiger partial charge is 0.341 e. The lowest BCUT2D eigenvalue weighted by Gasteiger charge is -2.16. The summed E-state index contributed by atoms with van der Waals surface area (Å²) in [7, 11) is 0. The van der Waals surface area contributed by atoms with Gasteiger partial charge in [-0.3, -0.25) is 4.79 Å². The number of halogens is 2. The minimum Gasteiger partial charge on any atom is -0.508 e. The third-order valence-electron chi connectivity index (χ3n) is 5.66. The lowest BCUT2D eigenvalue weighted by atomic mass is 9.97. The van der Waals surface area contributed by atoms with E-state index >= 15 is 8.78 Å². The predicted molar refractivity (Wildman–Crippen MR) is 114 cm³/mol. The lowest BCUT2D eigenvalue weighted by Crippen LogP contribution is -2.19. The molecule has 1 aliphatic heterocycles. The van der Waals surface area contributed by atoms with Crippen molar-refractivity contribution in [1.29, 1.82) is 0 Å². The number of pyridine rings is 1. The highest BCUT2D eigenvalue weighted by atomic mass is 19.1. The van der Waals surface area contributed by atoms with Crippen LogP contribution >= 0.6 is 0 Å². The van der Waals surface area contributed by atoms with Crippen LogP contribution in [0, 0.1) is 11.6 Å². The molecule has 1 aromatic heterocycles. The van der Waals surface area contributed by atoms with Crippen LogP contribution < -0.4 is 10.7 Å². The first-order chi connectivity index (χ1) is 15.3. The van der Waals surface area contributed by atoms with Gasteiger partial charge in [-0.15, -0.1) is 0 Å². The minimum absolute atomic E-state index is 0.0449. The van der Waals surface area contributed by atoms with Crippen molar-refractivity contribution in [1.82, 2.24) is 9.88 Å². The number of hydrogen-bond donors (Lipinski definition) is 3. The van der Waals surface area contributed by atoms with Crippen molar-refractivity contribution in [2.75, 3.05) is 0 Å². The quantitative estimate of drug-likeness (QED) is 0.454. The summed E-state index contributed by atoms with van der Waals surface area (Å²) in [5, 5.41) is 21.8. The molecule has 4 aromatic rings. The lowest BCUT2D eigenvalue weighted by molar-refractivity contribution is 0.0695. The molecule has 0 saturated carbocycles. The summed E-state index contributed by atoms with van der Waals surface area (Å²) in [4.78, 5) is 24.4. The Kier molecular flexibility index (Phi) is 4.53. The Bertz CT molecular complexity index is 1480. The van der Waals surface area contributed by atoms with E-state index in [9.17, 15) is 19.8 Å². The number of carbonyl (C=O) groups is 1. The van der Waals surface area contributed by atoms with E-state index in [1.807, 2.05) is 0 Å². The molecule has 0 aliphatic carbocycles. The van der Waals surface area contributed by atoms with Crippen LogP contribution in [0.15, 0.2) is 59.5 Å². The Balaban J connectivity index is 1.87. The van der Waals surface area contributed by atoms with Gasteiger partial charge in [0.1, 0.15) is 17.1 Å². The minimum atomic E-state index is -1.51. The molecular formula is C24H16F2N2O4. The third-order valence-corrected chi connectivity index (χ3v) is 5.66. The topological polar surface area (TPSA) is 91.6 Å². The number of aromatic carboxylic acids is 1. The Morgan fingerprint density at radius 1 is 1.00 bits per heavy atom. The number of nitrogens with zero attached hydrogens (tertiary/aromatic N) is 1. The average molecular weight is 434 g/mol. The van der Waals surface area contributed by atoms with Crippen molar-refractivity contribution in [3.63, 3.8) is 0 Å². The first-order valence-corrected chi connectivity index (χ1v) is 9.78. The molecule has 0 saturated heterocycles. The van der Waals surface area contributed by atoms with Crippen LogP contribution in [-0.4, -0.2) is 20.7 Å². The van der Waals surface area contributed by atoms with E-state index in [4.69, 9.17) is 0 Å². The van der Waals surface area contributed by atoms with Crippen LogP contribution in [-0.2, 0) is 13.1 Å². The van der Waals surface area contributed by atoms with Crippen molar-refractivity contribution in [2.45, 2.75) is 13.1 Å². The van der Waals surface area contributed by atoms with Gasteiger partial charge in [-0.25, -0.2) is 13.6 Å². The molecule has 0 bridgehead atoms. The fraction of sp³-hybridized carbons (Fsp3) is 0.0833. The van der Waals surface area contributed by atoms with Crippen molar-refractivity contribution in [3.8, 4) is 22.6 Å². The maximum atomic E-state index is 15.9. The number of phenolic OH excluding ortho intramolecular Hbond substituents is 1. The third kappa shape index (κ3) is 3.04. The molecule has 32 heavy (non-hydrogen) atoms. The molecule has 0 radical (unpaired) electrons. The van der Waals surface area contributed by atoms with Crippen LogP contribution in [0.25, 0.3) is 27.7 Å². The van der Waals surface area contributed by atoms with Gasteiger partial charge in [0.2, 0.25) is 5.43 Å². The zero-order chi connectivity index (χ0) is 22.6. The highest BCUT2D eigenvalue weighted by molar-refractivity contribution is 5.95. The Morgan fingerprint density at radius 3 is 2.44 bits per heavy atom. The van der Waals surface area contributed by atoms with Crippen molar-refractivity contribution in [2.24, 2.45) is 0 Å². The molecule has 0 spiro atoms. The maximum Gasteiger partial charge on any atom is 0.341 e. The molecule has 0 atom stereocenters. The molecule has 8 heteroatoms. The summed E-state index contributed by atoms with van der Waals surface area (Å²) < 4.78 is 32.2. The Morgan fingerprint density at radius 2 is 1.72 bits per heavy atom. The molecule has 6 nitrogen and oxygen atoms in total. The summed E-state index contributed by atoms with van der Waals surface area (Å²) in [6.07, 6.45) is 1.01. The van der Waals surface area contributed by atoms with Gasteiger partial charge in [-0.2, -0.15) is 0 Å². The molecule has 0 unspecified atom stereocenters. The maximum absolute atomic E-state index is 15.9. The molecule has 3 aromatic carbocycles. The monoisotopic (exact) mass is 434 g/mol. The number of aromatic hydroxyl groups is 1. The summed E-state index contributed by atoms with van der Waals surface area (Å²) >= 11 is 0. The number of carboxylic acids is 1. The first kappa shape index (κ1) is 19.9. The number of nitrogens with one attached hydrogen (secondary N) is 1. The summed E-state index contributed by atoms with van der Waals surface area (Å²) in [5.41, 5.74) is 0.427. The summed E-state index contributed by atoms with van der Waals surface area (Å²) in [6, 6.07) is 11.6. The fourth-order valence-electron chi connectivity index (χ4n) is 4.10. The van der Waals surface area contributed by atoms with Gasteiger partial charge >= 0.3 is 5.97 Å². The number of carboxylic acid groups (broad SMARTS) is 1. The predicted octanol–water partition coefficient (Wildman–Crippen LogP) is 3.94. The van der Waals surface area contributed by atoms with Crippen molar-refractivity contribution >= 4 is 16.9 Å². The number of benzene rings is 3.